The molecule has 1 aromatic carbocycles. The van der Waals surface area contributed by atoms with Crippen LogP contribution in [0.15, 0.2) is 12.1 Å². The highest BCUT2D eigenvalue weighted by molar-refractivity contribution is 6.34. The third kappa shape index (κ3) is 2.47. The van der Waals surface area contributed by atoms with E-state index in [-0.39, 0.29) is 11.8 Å². The molecule has 96 valence electrons. The van der Waals surface area contributed by atoms with Crippen molar-refractivity contribution in [1.29, 1.82) is 0 Å². The van der Waals surface area contributed by atoms with Gasteiger partial charge in [-0.05, 0) is 24.1 Å². The molecule has 1 heterocycles. The van der Waals surface area contributed by atoms with Gasteiger partial charge >= 0.3 is 0 Å². The minimum absolute atomic E-state index is 0.0743. The standard InChI is InChI=1S/C12H14ClN3O2/c1-2-8(14)12(18)16-10-3-6-4-11(17)15-9(6)5-7(10)13/h3,5,8H,2,4,14H2,1H3,(H,15,17)(H,16,18)/t8-/m0/s1. The minimum atomic E-state index is -0.561. The second-order valence-electron chi connectivity index (χ2n) is 4.22. The Labute approximate surface area is 110 Å². The maximum absolute atomic E-state index is 11.7. The number of hydrogen-bond donors (Lipinski definition) is 3. The number of rotatable bonds is 3. The molecule has 0 saturated carbocycles. The quantitative estimate of drug-likeness (QED) is 0.776. The van der Waals surface area contributed by atoms with Gasteiger partial charge in [0.2, 0.25) is 11.8 Å². The van der Waals surface area contributed by atoms with Crippen molar-refractivity contribution >= 4 is 34.8 Å². The van der Waals surface area contributed by atoms with E-state index in [4.69, 9.17) is 17.3 Å². The van der Waals surface area contributed by atoms with Crippen molar-refractivity contribution in [3.05, 3.63) is 22.7 Å². The van der Waals surface area contributed by atoms with E-state index < -0.39 is 6.04 Å². The second kappa shape index (κ2) is 4.96. The molecule has 0 aromatic heterocycles. The van der Waals surface area contributed by atoms with Crippen molar-refractivity contribution in [2.45, 2.75) is 25.8 Å². The van der Waals surface area contributed by atoms with Crippen LogP contribution in [-0.4, -0.2) is 17.9 Å². The highest BCUT2D eigenvalue weighted by atomic mass is 35.5. The summed E-state index contributed by atoms with van der Waals surface area (Å²) in [6.07, 6.45) is 0.851. The van der Waals surface area contributed by atoms with Gasteiger partial charge in [0.1, 0.15) is 0 Å². The number of halogens is 1. The first-order valence-corrected chi connectivity index (χ1v) is 6.07. The lowest BCUT2D eigenvalue weighted by molar-refractivity contribution is -0.117. The van der Waals surface area contributed by atoms with Crippen LogP contribution in [0.1, 0.15) is 18.9 Å². The predicted octanol–water partition coefficient (Wildman–Crippen LogP) is 1.51. The summed E-state index contributed by atoms with van der Waals surface area (Å²) in [6.45, 7) is 1.83. The van der Waals surface area contributed by atoms with Crippen molar-refractivity contribution < 1.29 is 9.59 Å². The van der Waals surface area contributed by atoms with Crippen LogP contribution in [0.2, 0.25) is 5.02 Å². The van der Waals surface area contributed by atoms with Crippen molar-refractivity contribution in [1.82, 2.24) is 0 Å². The van der Waals surface area contributed by atoms with Crippen LogP contribution in [0.5, 0.6) is 0 Å². The zero-order valence-corrected chi connectivity index (χ0v) is 10.7. The van der Waals surface area contributed by atoms with Crippen LogP contribution < -0.4 is 16.4 Å². The molecule has 0 bridgehead atoms. The van der Waals surface area contributed by atoms with E-state index >= 15 is 0 Å². The maximum Gasteiger partial charge on any atom is 0.241 e. The summed E-state index contributed by atoms with van der Waals surface area (Å²) in [5.74, 6) is -0.355. The first-order chi connectivity index (χ1) is 8.51. The molecule has 1 aliphatic heterocycles. The number of nitrogens with one attached hydrogen (secondary N) is 2. The highest BCUT2D eigenvalue weighted by Crippen LogP contribution is 2.32. The Kier molecular flexibility index (Phi) is 3.54. The molecule has 5 nitrogen and oxygen atoms in total. The Balaban J connectivity index is 2.22. The molecule has 0 unspecified atom stereocenters. The normalized spacial score (nSPS) is 14.9. The van der Waals surface area contributed by atoms with E-state index in [0.717, 1.165) is 5.56 Å². The minimum Gasteiger partial charge on any atom is -0.325 e. The Morgan fingerprint density at radius 3 is 3.00 bits per heavy atom. The number of anilines is 2. The zero-order valence-electron chi connectivity index (χ0n) is 9.92. The third-order valence-corrected chi connectivity index (χ3v) is 3.17. The van der Waals surface area contributed by atoms with Crippen LogP contribution >= 0.6 is 11.6 Å². The largest absolute Gasteiger partial charge is 0.325 e. The first-order valence-electron chi connectivity index (χ1n) is 5.70. The maximum atomic E-state index is 11.7. The molecule has 0 aliphatic carbocycles. The molecular formula is C12H14ClN3O2. The van der Waals surface area contributed by atoms with Crippen LogP contribution in [-0.2, 0) is 16.0 Å². The summed E-state index contributed by atoms with van der Waals surface area (Å²) in [7, 11) is 0. The van der Waals surface area contributed by atoms with E-state index in [0.29, 0.717) is 29.2 Å². The second-order valence-corrected chi connectivity index (χ2v) is 4.63. The van der Waals surface area contributed by atoms with Gasteiger partial charge in [0, 0.05) is 5.69 Å². The fraction of sp³-hybridized carbons (Fsp3) is 0.333. The number of fused-ring (bicyclic) bond motifs is 1. The Bertz CT molecular complexity index is 516. The summed E-state index contributed by atoms with van der Waals surface area (Å²) < 4.78 is 0. The topological polar surface area (TPSA) is 84.2 Å². The Hall–Kier alpha value is -1.59. The van der Waals surface area contributed by atoms with Crippen molar-refractivity contribution in [2.75, 3.05) is 10.6 Å². The zero-order chi connectivity index (χ0) is 13.3. The van der Waals surface area contributed by atoms with Crippen molar-refractivity contribution in [3.63, 3.8) is 0 Å². The average Bonchev–Trinajstić information content (AvgIpc) is 2.67. The molecule has 18 heavy (non-hydrogen) atoms. The summed E-state index contributed by atoms with van der Waals surface area (Å²) in [6, 6.07) is 2.78. The fourth-order valence-corrected chi connectivity index (χ4v) is 1.97. The molecule has 1 atom stereocenters. The van der Waals surface area contributed by atoms with E-state index in [1.807, 2.05) is 6.92 Å². The van der Waals surface area contributed by atoms with Crippen LogP contribution in [0.25, 0.3) is 0 Å². The number of carbonyl (C=O) groups excluding carboxylic acids is 2. The van der Waals surface area contributed by atoms with Crippen molar-refractivity contribution in [3.8, 4) is 0 Å². The third-order valence-electron chi connectivity index (χ3n) is 2.85. The molecule has 0 spiro atoms. The Morgan fingerprint density at radius 2 is 2.33 bits per heavy atom. The number of benzene rings is 1. The molecule has 6 heteroatoms. The van der Waals surface area contributed by atoms with Crippen LogP contribution in [0, 0.1) is 0 Å². The fourth-order valence-electron chi connectivity index (χ4n) is 1.75. The van der Waals surface area contributed by atoms with E-state index in [9.17, 15) is 9.59 Å². The van der Waals surface area contributed by atoms with Crippen LogP contribution in [0.4, 0.5) is 11.4 Å². The lowest BCUT2D eigenvalue weighted by atomic mass is 10.1. The lowest BCUT2D eigenvalue weighted by Gasteiger charge is -2.12. The van der Waals surface area contributed by atoms with Gasteiger partial charge in [-0.15, -0.1) is 0 Å². The monoisotopic (exact) mass is 267 g/mol. The van der Waals surface area contributed by atoms with Gasteiger partial charge in [-0.25, -0.2) is 0 Å². The average molecular weight is 268 g/mol. The molecular weight excluding hydrogens is 254 g/mol. The van der Waals surface area contributed by atoms with Gasteiger partial charge in [0.05, 0.1) is 23.2 Å². The molecule has 1 aromatic rings. The van der Waals surface area contributed by atoms with Gasteiger partial charge in [-0.1, -0.05) is 18.5 Å². The lowest BCUT2D eigenvalue weighted by Crippen LogP contribution is -2.34. The van der Waals surface area contributed by atoms with Gasteiger partial charge in [-0.2, -0.15) is 0 Å². The highest BCUT2D eigenvalue weighted by Gasteiger charge is 2.21. The molecule has 0 fully saturated rings. The molecule has 0 saturated heterocycles. The predicted molar refractivity (Wildman–Crippen MR) is 70.7 cm³/mol. The van der Waals surface area contributed by atoms with Gasteiger partial charge in [0.15, 0.2) is 0 Å². The van der Waals surface area contributed by atoms with Crippen LogP contribution in [0.3, 0.4) is 0 Å². The van der Waals surface area contributed by atoms with Gasteiger partial charge < -0.3 is 16.4 Å². The van der Waals surface area contributed by atoms with E-state index in [1.54, 1.807) is 12.1 Å². The number of hydrogen-bond acceptors (Lipinski definition) is 3. The number of amides is 2. The van der Waals surface area contributed by atoms with E-state index in [1.165, 1.54) is 0 Å². The van der Waals surface area contributed by atoms with E-state index in [2.05, 4.69) is 10.6 Å². The number of carbonyl (C=O) groups is 2. The summed E-state index contributed by atoms with van der Waals surface area (Å²) >= 11 is 6.04. The SMILES string of the molecule is CC[C@H](N)C(=O)Nc1cc2c(cc1Cl)NC(=O)C2. The smallest absolute Gasteiger partial charge is 0.241 e. The summed E-state index contributed by atoms with van der Waals surface area (Å²) in [5, 5.41) is 5.74. The summed E-state index contributed by atoms with van der Waals surface area (Å²) in [4.78, 5) is 22.9. The molecule has 2 amide bonds. The number of nitrogens with two attached hydrogens (primary N) is 1. The molecule has 1 aliphatic rings. The first kappa shape index (κ1) is 12.9. The van der Waals surface area contributed by atoms with Gasteiger partial charge in [0.25, 0.3) is 0 Å². The molecule has 2 rings (SSSR count). The Morgan fingerprint density at radius 1 is 1.61 bits per heavy atom. The molecule has 0 radical (unpaired) electrons. The van der Waals surface area contributed by atoms with Crippen molar-refractivity contribution in [2.24, 2.45) is 5.73 Å². The molecule has 4 N–H and O–H groups in total. The van der Waals surface area contributed by atoms with Gasteiger partial charge in [-0.3, -0.25) is 9.59 Å². The summed E-state index contributed by atoms with van der Waals surface area (Å²) in [5.41, 5.74) is 7.64.